The SMILES string of the molecule is CC(C)NCC1(Cc2ccc(Cl)cc2)CC1. The van der Waals surface area contributed by atoms with Crippen molar-refractivity contribution in [2.75, 3.05) is 6.54 Å². The standard InChI is InChI=1S/C14H20ClN/c1-11(2)16-10-14(7-8-14)9-12-3-5-13(15)6-4-12/h3-6,11,16H,7-10H2,1-2H3. The predicted octanol–water partition coefficient (Wildman–Crippen LogP) is 3.66. The molecule has 1 aromatic rings. The van der Waals surface area contributed by atoms with Crippen LogP contribution in [0, 0.1) is 5.41 Å². The predicted molar refractivity (Wildman–Crippen MR) is 70.0 cm³/mol. The van der Waals surface area contributed by atoms with Gasteiger partial charge >= 0.3 is 0 Å². The van der Waals surface area contributed by atoms with Gasteiger partial charge in [-0.3, -0.25) is 0 Å². The van der Waals surface area contributed by atoms with Crippen molar-refractivity contribution in [2.24, 2.45) is 5.41 Å². The van der Waals surface area contributed by atoms with E-state index < -0.39 is 0 Å². The van der Waals surface area contributed by atoms with E-state index >= 15 is 0 Å². The van der Waals surface area contributed by atoms with E-state index in [2.05, 4.69) is 31.3 Å². The zero-order chi connectivity index (χ0) is 11.6. The van der Waals surface area contributed by atoms with E-state index in [9.17, 15) is 0 Å². The van der Waals surface area contributed by atoms with Gasteiger partial charge in [-0.2, -0.15) is 0 Å². The van der Waals surface area contributed by atoms with Gasteiger partial charge in [-0.05, 0) is 42.4 Å². The van der Waals surface area contributed by atoms with Gasteiger partial charge in [-0.1, -0.05) is 37.6 Å². The number of nitrogens with one attached hydrogen (secondary N) is 1. The number of halogens is 1. The van der Waals surface area contributed by atoms with E-state index in [0.29, 0.717) is 11.5 Å². The summed E-state index contributed by atoms with van der Waals surface area (Å²) < 4.78 is 0. The highest BCUT2D eigenvalue weighted by Gasteiger charge is 2.41. The molecule has 1 saturated carbocycles. The molecule has 2 rings (SSSR count). The van der Waals surface area contributed by atoms with Crippen LogP contribution in [0.4, 0.5) is 0 Å². The molecule has 0 bridgehead atoms. The summed E-state index contributed by atoms with van der Waals surface area (Å²) in [6.45, 7) is 5.56. The lowest BCUT2D eigenvalue weighted by atomic mass is 9.96. The largest absolute Gasteiger partial charge is 0.314 e. The Hall–Kier alpha value is -0.530. The lowest BCUT2D eigenvalue weighted by Crippen LogP contribution is -2.30. The third kappa shape index (κ3) is 3.23. The summed E-state index contributed by atoms with van der Waals surface area (Å²) in [5.41, 5.74) is 1.94. The molecule has 0 unspecified atom stereocenters. The molecule has 1 N–H and O–H groups in total. The quantitative estimate of drug-likeness (QED) is 0.824. The fraction of sp³-hybridized carbons (Fsp3) is 0.571. The van der Waals surface area contributed by atoms with E-state index in [1.54, 1.807) is 0 Å². The Balaban J connectivity index is 1.91. The maximum atomic E-state index is 5.89. The molecule has 0 heterocycles. The Morgan fingerprint density at radius 3 is 2.38 bits per heavy atom. The molecular formula is C14H20ClN. The van der Waals surface area contributed by atoms with E-state index in [4.69, 9.17) is 11.6 Å². The third-order valence-electron chi connectivity index (χ3n) is 3.33. The van der Waals surface area contributed by atoms with Crippen LogP contribution >= 0.6 is 11.6 Å². The Kier molecular flexibility index (Phi) is 3.56. The highest BCUT2D eigenvalue weighted by Crippen LogP contribution is 2.47. The monoisotopic (exact) mass is 237 g/mol. The van der Waals surface area contributed by atoms with Crippen molar-refractivity contribution in [1.29, 1.82) is 0 Å². The highest BCUT2D eigenvalue weighted by molar-refractivity contribution is 6.30. The average molecular weight is 238 g/mol. The number of benzene rings is 1. The van der Waals surface area contributed by atoms with Crippen molar-refractivity contribution >= 4 is 11.6 Å². The molecule has 0 aromatic heterocycles. The Morgan fingerprint density at radius 1 is 1.25 bits per heavy atom. The van der Waals surface area contributed by atoms with Crippen LogP contribution < -0.4 is 5.32 Å². The zero-order valence-electron chi connectivity index (χ0n) is 10.1. The van der Waals surface area contributed by atoms with E-state index in [1.165, 1.54) is 24.8 Å². The van der Waals surface area contributed by atoms with Crippen LogP contribution in [0.3, 0.4) is 0 Å². The minimum absolute atomic E-state index is 0.526. The fourth-order valence-electron chi connectivity index (χ4n) is 2.05. The molecule has 0 atom stereocenters. The van der Waals surface area contributed by atoms with Crippen LogP contribution in [-0.4, -0.2) is 12.6 Å². The molecule has 0 amide bonds. The van der Waals surface area contributed by atoms with Crippen molar-refractivity contribution in [1.82, 2.24) is 5.32 Å². The van der Waals surface area contributed by atoms with E-state index in [0.717, 1.165) is 11.6 Å². The Morgan fingerprint density at radius 2 is 1.88 bits per heavy atom. The van der Waals surface area contributed by atoms with Gasteiger partial charge in [0.1, 0.15) is 0 Å². The normalized spacial score (nSPS) is 17.8. The molecule has 1 aromatic carbocycles. The van der Waals surface area contributed by atoms with Gasteiger partial charge in [0, 0.05) is 17.6 Å². The van der Waals surface area contributed by atoms with Crippen LogP contribution in [-0.2, 0) is 6.42 Å². The van der Waals surface area contributed by atoms with Crippen LogP contribution in [0.5, 0.6) is 0 Å². The molecule has 0 radical (unpaired) electrons. The molecule has 1 aliphatic rings. The average Bonchev–Trinajstić information content (AvgIpc) is 3.00. The summed E-state index contributed by atoms with van der Waals surface area (Å²) in [5, 5.41) is 4.38. The van der Waals surface area contributed by atoms with Crippen LogP contribution in [0.1, 0.15) is 32.3 Å². The minimum atomic E-state index is 0.526. The molecule has 2 heteroatoms. The molecule has 0 saturated heterocycles. The molecule has 0 aliphatic heterocycles. The Bertz CT molecular complexity index is 338. The smallest absolute Gasteiger partial charge is 0.0406 e. The summed E-state index contributed by atoms with van der Waals surface area (Å²) in [6.07, 6.45) is 3.90. The first-order chi connectivity index (χ1) is 7.60. The van der Waals surface area contributed by atoms with Gasteiger partial charge in [-0.25, -0.2) is 0 Å². The summed E-state index contributed by atoms with van der Waals surface area (Å²) >= 11 is 5.89. The molecule has 16 heavy (non-hydrogen) atoms. The molecule has 88 valence electrons. The Labute approximate surface area is 103 Å². The van der Waals surface area contributed by atoms with Gasteiger partial charge in [0.2, 0.25) is 0 Å². The van der Waals surface area contributed by atoms with Crippen molar-refractivity contribution < 1.29 is 0 Å². The topological polar surface area (TPSA) is 12.0 Å². The van der Waals surface area contributed by atoms with E-state index in [-0.39, 0.29) is 0 Å². The van der Waals surface area contributed by atoms with Crippen LogP contribution in [0.25, 0.3) is 0 Å². The first-order valence-electron chi connectivity index (χ1n) is 6.08. The second-order valence-corrected chi connectivity index (χ2v) is 5.78. The minimum Gasteiger partial charge on any atom is -0.314 e. The van der Waals surface area contributed by atoms with E-state index in [1.807, 2.05) is 12.1 Å². The lowest BCUT2D eigenvalue weighted by molar-refractivity contribution is 0.429. The summed E-state index contributed by atoms with van der Waals surface area (Å²) in [6, 6.07) is 8.86. The first-order valence-corrected chi connectivity index (χ1v) is 6.45. The number of rotatable bonds is 5. The fourth-order valence-corrected chi connectivity index (χ4v) is 2.17. The molecule has 1 nitrogen and oxygen atoms in total. The van der Waals surface area contributed by atoms with Crippen molar-refractivity contribution in [2.45, 2.75) is 39.2 Å². The zero-order valence-corrected chi connectivity index (χ0v) is 10.8. The maximum absolute atomic E-state index is 5.89. The maximum Gasteiger partial charge on any atom is 0.0406 e. The second-order valence-electron chi connectivity index (χ2n) is 5.34. The van der Waals surface area contributed by atoms with Gasteiger partial charge in [-0.15, -0.1) is 0 Å². The lowest BCUT2D eigenvalue weighted by Gasteiger charge is -2.18. The summed E-state index contributed by atoms with van der Waals surface area (Å²) in [5.74, 6) is 0. The summed E-state index contributed by atoms with van der Waals surface area (Å²) in [4.78, 5) is 0. The van der Waals surface area contributed by atoms with Crippen molar-refractivity contribution in [3.8, 4) is 0 Å². The molecular weight excluding hydrogens is 218 g/mol. The van der Waals surface area contributed by atoms with Crippen LogP contribution in [0.15, 0.2) is 24.3 Å². The van der Waals surface area contributed by atoms with Crippen LogP contribution in [0.2, 0.25) is 5.02 Å². The van der Waals surface area contributed by atoms with Gasteiger partial charge in [0.25, 0.3) is 0 Å². The third-order valence-corrected chi connectivity index (χ3v) is 3.59. The molecule has 1 aliphatic carbocycles. The molecule has 0 spiro atoms. The summed E-state index contributed by atoms with van der Waals surface area (Å²) in [7, 11) is 0. The number of hydrogen-bond acceptors (Lipinski definition) is 1. The van der Waals surface area contributed by atoms with Crippen molar-refractivity contribution in [3.05, 3.63) is 34.9 Å². The second kappa shape index (κ2) is 4.77. The molecule has 1 fully saturated rings. The number of hydrogen-bond donors (Lipinski definition) is 1. The van der Waals surface area contributed by atoms with Crippen molar-refractivity contribution in [3.63, 3.8) is 0 Å². The highest BCUT2D eigenvalue weighted by atomic mass is 35.5. The van der Waals surface area contributed by atoms with Gasteiger partial charge in [0.05, 0.1) is 0 Å². The van der Waals surface area contributed by atoms with Gasteiger partial charge < -0.3 is 5.32 Å². The first kappa shape index (κ1) is 11.9. The van der Waals surface area contributed by atoms with Gasteiger partial charge in [0.15, 0.2) is 0 Å².